The number of hydrogen-bond donors (Lipinski definition) is 0. The molecule has 5 rings (SSSR count). The summed E-state index contributed by atoms with van der Waals surface area (Å²) in [5.41, 5.74) is 2.86. The molecule has 1 aromatic carbocycles. The predicted octanol–water partition coefficient (Wildman–Crippen LogP) is 3.99. The van der Waals surface area contributed by atoms with E-state index in [-0.39, 0.29) is 29.8 Å². The summed E-state index contributed by atoms with van der Waals surface area (Å²) in [5, 5.41) is 0. The second kappa shape index (κ2) is 10.0. The number of carbonyl (C=O) groups is 1. The number of halogens is 2. The average molecular weight is 487 g/mol. The third-order valence-corrected chi connectivity index (χ3v) is 7.50. The molecule has 1 saturated heterocycles. The Labute approximate surface area is 204 Å². The van der Waals surface area contributed by atoms with E-state index in [9.17, 15) is 13.6 Å². The Balaban J connectivity index is 1.35. The zero-order chi connectivity index (χ0) is 24.5. The van der Waals surface area contributed by atoms with Gasteiger partial charge in [0.15, 0.2) is 17.4 Å². The molecule has 2 atom stereocenters. The summed E-state index contributed by atoms with van der Waals surface area (Å²) in [5.74, 6) is 0.0470. The van der Waals surface area contributed by atoms with E-state index < -0.39 is 11.6 Å². The smallest absolute Gasteiger partial charge is 0.219 e. The number of hydrogen-bond acceptors (Lipinski definition) is 6. The summed E-state index contributed by atoms with van der Waals surface area (Å²) in [6, 6.07) is 3.41. The van der Waals surface area contributed by atoms with Gasteiger partial charge in [-0.25, -0.2) is 18.7 Å². The van der Waals surface area contributed by atoms with Crippen molar-refractivity contribution in [3.05, 3.63) is 46.9 Å². The first-order valence-corrected chi connectivity index (χ1v) is 12.5. The second-order valence-electron chi connectivity index (χ2n) is 9.76. The zero-order valence-corrected chi connectivity index (χ0v) is 20.3. The lowest BCUT2D eigenvalue weighted by atomic mass is 10.00. The molecule has 2 aliphatic heterocycles. The Morgan fingerprint density at radius 3 is 2.51 bits per heavy atom. The van der Waals surface area contributed by atoms with Crippen LogP contribution in [-0.4, -0.2) is 59.7 Å². The van der Waals surface area contributed by atoms with Crippen molar-refractivity contribution >= 4 is 11.7 Å². The standard InChI is InChI=1S/C26H32F2N4O3/c1-16(33)32-12-9-22-23(15-32)29-25(17-3-5-20(13-17)34-2)26(30-22)31-10-7-19(8-11-31)35-24-6-4-18(27)14-21(24)28/h4,6,14,17,19-20H,3,5,7-13,15H2,1-2H3. The van der Waals surface area contributed by atoms with Crippen LogP contribution >= 0.6 is 0 Å². The molecule has 3 heterocycles. The van der Waals surface area contributed by atoms with Crippen LogP contribution in [0.3, 0.4) is 0 Å². The summed E-state index contributed by atoms with van der Waals surface area (Å²) in [7, 11) is 1.76. The number of nitrogens with zero attached hydrogens (tertiary/aromatic N) is 4. The quantitative estimate of drug-likeness (QED) is 0.637. The first-order valence-electron chi connectivity index (χ1n) is 12.5. The molecule has 9 heteroatoms. The fourth-order valence-electron chi connectivity index (χ4n) is 5.45. The van der Waals surface area contributed by atoms with Gasteiger partial charge in [-0.05, 0) is 31.4 Å². The maximum absolute atomic E-state index is 14.0. The molecule has 3 aliphatic rings. The van der Waals surface area contributed by atoms with E-state index in [4.69, 9.17) is 19.4 Å². The lowest BCUT2D eigenvalue weighted by Crippen LogP contribution is -2.41. The van der Waals surface area contributed by atoms with E-state index >= 15 is 0 Å². The Kier molecular flexibility index (Phi) is 6.86. The molecule has 0 N–H and O–H groups in total. The zero-order valence-electron chi connectivity index (χ0n) is 20.3. The van der Waals surface area contributed by atoms with Crippen LogP contribution in [0.2, 0.25) is 0 Å². The van der Waals surface area contributed by atoms with Crippen molar-refractivity contribution in [3.63, 3.8) is 0 Å². The van der Waals surface area contributed by atoms with Crippen molar-refractivity contribution in [2.24, 2.45) is 0 Å². The lowest BCUT2D eigenvalue weighted by molar-refractivity contribution is -0.129. The monoisotopic (exact) mass is 486 g/mol. The van der Waals surface area contributed by atoms with Gasteiger partial charge in [0, 0.05) is 64.9 Å². The van der Waals surface area contributed by atoms with Gasteiger partial charge in [0.05, 0.1) is 29.7 Å². The predicted molar refractivity (Wildman–Crippen MR) is 126 cm³/mol. The number of carbonyl (C=O) groups excluding carboxylic acids is 1. The van der Waals surface area contributed by atoms with Gasteiger partial charge in [-0.3, -0.25) is 4.79 Å². The third kappa shape index (κ3) is 5.10. The van der Waals surface area contributed by atoms with Gasteiger partial charge < -0.3 is 19.3 Å². The molecule has 2 fully saturated rings. The molecule has 1 saturated carbocycles. The van der Waals surface area contributed by atoms with Crippen molar-refractivity contribution < 1.29 is 23.0 Å². The van der Waals surface area contributed by atoms with E-state index in [2.05, 4.69) is 4.90 Å². The molecule has 0 bridgehead atoms. The highest BCUT2D eigenvalue weighted by Gasteiger charge is 2.34. The number of benzene rings is 1. The van der Waals surface area contributed by atoms with E-state index in [0.29, 0.717) is 45.4 Å². The van der Waals surface area contributed by atoms with Crippen molar-refractivity contribution in [2.75, 3.05) is 31.6 Å². The summed E-state index contributed by atoms with van der Waals surface area (Å²) in [4.78, 5) is 26.2. The normalized spacial score (nSPS) is 22.9. The molecule has 2 aromatic rings. The maximum atomic E-state index is 14.0. The molecule has 0 spiro atoms. The Bertz CT molecular complexity index is 1090. The number of fused-ring (bicyclic) bond motifs is 1. The van der Waals surface area contributed by atoms with Crippen molar-refractivity contribution in [2.45, 2.75) is 70.1 Å². The number of piperidine rings is 1. The molecule has 1 amide bonds. The number of methoxy groups -OCH3 is 1. The number of aromatic nitrogens is 2. The van der Waals surface area contributed by atoms with Crippen LogP contribution in [0.25, 0.3) is 0 Å². The van der Waals surface area contributed by atoms with Crippen LogP contribution in [0.1, 0.15) is 62.0 Å². The Morgan fingerprint density at radius 1 is 1.03 bits per heavy atom. The van der Waals surface area contributed by atoms with Crippen LogP contribution in [0.5, 0.6) is 5.75 Å². The van der Waals surface area contributed by atoms with Gasteiger partial charge in [-0.2, -0.15) is 0 Å². The first-order chi connectivity index (χ1) is 16.9. The highest BCUT2D eigenvalue weighted by atomic mass is 19.1. The summed E-state index contributed by atoms with van der Waals surface area (Å²) >= 11 is 0. The topological polar surface area (TPSA) is 67.8 Å². The van der Waals surface area contributed by atoms with Gasteiger partial charge in [-0.15, -0.1) is 0 Å². The van der Waals surface area contributed by atoms with Crippen LogP contribution < -0.4 is 9.64 Å². The fraction of sp³-hybridized carbons (Fsp3) is 0.577. The molecule has 35 heavy (non-hydrogen) atoms. The van der Waals surface area contributed by atoms with Gasteiger partial charge in [0.2, 0.25) is 5.91 Å². The minimum Gasteiger partial charge on any atom is -0.487 e. The number of rotatable bonds is 5. The van der Waals surface area contributed by atoms with Crippen molar-refractivity contribution in [1.29, 1.82) is 0 Å². The number of amides is 1. The largest absolute Gasteiger partial charge is 0.487 e. The third-order valence-electron chi connectivity index (χ3n) is 7.50. The lowest BCUT2D eigenvalue weighted by Gasteiger charge is -2.36. The molecule has 7 nitrogen and oxygen atoms in total. The van der Waals surface area contributed by atoms with Crippen LogP contribution in [0.15, 0.2) is 18.2 Å². The molecular weight excluding hydrogens is 454 g/mol. The minimum atomic E-state index is -0.677. The molecule has 1 aliphatic carbocycles. The Morgan fingerprint density at radius 2 is 1.83 bits per heavy atom. The highest BCUT2D eigenvalue weighted by Crippen LogP contribution is 2.40. The molecule has 1 aromatic heterocycles. The van der Waals surface area contributed by atoms with Crippen LogP contribution in [-0.2, 0) is 22.5 Å². The van der Waals surface area contributed by atoms with Crippen LogP contribution in [0.4, 0.5) is 14.6 Å². The summed E-state index contributed by atoms with van der Waals surface area (Å²) < 4.78 is 38.7. The highest BCUT2D eigenvalue weighted by molar-refractivity contribution is 5.73. The van der Waals surface area contributed by atoms with E-state index in [0.717, 1.165) is 48.2 Å². The van der Waals surface area contributed by atoms with Gasteiger partial charge in [0.1, 0.15) is 11.9 Å². The molecule has 2 unspecified atom stereocenters. The molecular formula is C26H32F2N4O3. The number of anilines is 1. The van der Waals surface area contributed by atoms with Crippen molar-refractivity contribution in [1.82, 2.24) is 14.9 Å². The van der Waals surface area contributed by atoms with E-state index in [1.54, 1.807) is 14.0 Å². The van der Waals surface area contributed by atoms with E-state index in [1.165, 1.54) is 12.1 Å². The van der Waals surface area contributed by atoms with Gasteiger partial charge in [-0.1, -0.05) is 0 Å². The Hall–Kier alpha value is -2.81. The first kappa shape index (κ1) is 23.9. The minimum absolute atomic E-state index is 0.0584. The molecule has 0 radical (unpaired) electrons. The van der Waals surface area contributed by atoms with E-state index in [1.807, 2.05) is 4.90 Å². The van der Waals surface area contributed by atoms with Gasteiger partial charge >= 0.3 is 0 Å². The molecule has 188 valence electrons. The van der Waals surface area contributed by atoms with Crippen LogP contribution in [0, 0.1) is 11.6 Å². The summed E-state index contributed by atoms with van der Waals surface area (Å²) in [6.45, 7) is 4.19. The number of ether oxygens (including phenoxy) is 2. The fourth-order valence-corrected chi connectivity index (χ4v) is 5.45. The van der Waals surface area contributed by atoms with Gasteiger partial charge in [0.25, 0.3) is 0 Å². The average Bonchev–Trinajstić information content (AvgIpc) is 3.34. The second-order valence-corrected chi connectivity index (χ2v) is 9.76. The SMILES string of the molecule is COC1CCC(c2nc3c(nc2N2CCC(Oc4ccc(F)cc4F)CC2)CCN(C(C)=O)C3)C1. The summed E-state index contributed by atoms with van der Waals surface area (Å²) in [6.07, 6.45) is 5.10. The van der Waals surface area contributed by atoms with Crippen molar-refractivity contribution in [3.8, 4) is 5.75 Å². The maximum Gasteiger partial charge on any atom is 0.219 e.